The van der Waals surface area contributed by atoms with Crippen molar-refractivity contribution in [2.24, 2.45) is 0 Å². The van der Waals surface area contributed by atoms with Crippen LogP contribution in [0.5, 0.6) is 0 Å². The van der Waals surface area contributed by atoms with Crippen LogP contribution in [-0.2, 0) is 9.59 Å². The Balaban J connectivity index is 1.51. The number of carbonyl (C=O) groups is 2. The molecule has 6 heteroatoms. The van der Waals surface area contributed by atoms with Crippen molar-refractivity contribution >= 4 is 17.6 Å². The van der Waals surface area contributed by atoms with E-state index in [0.29, 0.717) is 24.7 Å². The van der Waals surface area contributed by atoms with Crippen LogP contribution >= 0.6 is 0 Å². The molecule has 1 aliphatic carbocycles. The fourth-order valence-electron chi connectivity index (χ4n) is 3.41. The molecule has 2 N–H and O–H groups in total. The average molecular weight is 304 g/mol. The van der Waals surface area contributed by atoms with Crippen LogP contribution in [0.2, 0.25) is 0 Å². The molecular formula is C16H24N4O2. The maximum absolute atomic E-state index is 12.1. The Morgan fingerprint density at radius 2 is 2.09 bits per heavy atom. The number of hydrogen-bond acceptors (Lipinski definition) is 3. The minimum atomic E-state index is -0.0823. The van der Waals surface area contributed by atoms with Gasteiger partial charge in [0.1, 0.15) is 0 Å². The maximum Gasteiger partial charge on any atom is 0.227 e. The van der Waals surface area contributed by atoms with Crippen LogP contribution in [0, 0.1) is 0 Å². The van der Waals surface area contributed by atoms with Crippen LogP contribution in [0.1, 0.15) is 63.8 Å². The topological polar surface area (TPSA) is 76.0 Å². The van der Waals surface area contributed by atoms with Gasteiger partial charge in [-0.2, -0.15) is 5.10 Å². The van der Waals surface area contributed by atoms with Crippen LogP contribution < -0.4 is 10.6 Å². The van der Waals surface area contributed by atoms with Crippen molar-refractivity contribution in [3.05, 3.63) is 12.3 Å². The number of piperidine rings is 1. The molecule has 0 bridgehead atoms. The summed E-state index contributed by atoms with van der Waals surface area (Å²) in [4.78, 5) is 23.4. The van der Waals surface area contributed by atoms with Gasteiger partial charge in [0.15, 0.2) is 5.82 Å². The molecule has 1 aromatic heterocycles. The Bertz CT molecular complexity index is 534. The molecule has 2 amide bonds. The predicted octanol–water partition coefficient (Wildman–Crippen LogP) is 2.39. The Morgan fingerprint density at radius 3 is 2.86 bits per heavy atom. The molecule has 1 unspecified atom stereocenters. The number of rotatable bonds is 4. The van der Waals surface area contributed by atoms with Gasteiger partial charge in [-0.25, -0.2) is 0 Å². The first kappa shape index (κ1) is 15.1. The van der Waals surface area contributed by atoms with E-state index in [1.54, 1.807) is 0 Å². The van der Waals surface area contributed by atoms with Crippen LogP contribution in [0.3, 0.4) is 0 Å². The van der Waals surface area contributed by atoms with Gasteiger partial charge in [-0.15, -0.1) is 0 Å². The molecule has 3 rings (SSSR count). The number of anilines is 1. The second-order valence-corrected chi connectivity index (χ2v) is 6.38. The van der Waals surface area contributed by atoms with Gasteiger partial charge in [0, 0.05) is 31.1 Å². The minimum Gasteiger partial charge on any atom is -0.353 e. The van der Waals surface area contributed by atoms with Gasteiger partial charge in [0.2, 0.25) is 11.8 Å². The summed E-state index contributed by atoms with van der Waals surface area (Å²) in [6.45, 7) is 0. The zero-order valence-corrected chi connectivity index (χ0v) is 12.9. The minimum absolute atomic E-state index is 0.0401. The van der Waals surface area contributed by atoms with Gasteiger partial charge < -0.3 is 10.6 Å². The van der Waals surface area contributed by atoms with Crippen molar-refractivity contribution in [3.8, 4) is 0 Å². The van der Waals surface area contributed by atoms with E-state index < -0.39 is 0 Å². The van der Waals surface area contributed by atoms with Crippen molar-refractivity contribution in [1.29, 1.82) is 0 Å². The van der Waals surface area contributed by atoms with E-state index in [-0.39, 0.29) is 17.9 Å². The fourth-order valence-corrected chi connectivity index (χ4v) is 3.41. The Hall–Kier alpha value is -1.85. The highest BCUT2D eigenvalue weighted by Gasteiger charge is 2.21. The summed E-state index contributed by atoms with van der Waals surface area (Å²) in [6, 6.07) is 2.28. The smallest absolute Gasteiger partial charge is 0.227 e. The van der Waals surface area contributed by atoms with E-state index in [9.17, 15) is 9.59 Å². The molecule has 1 aromatic rings. The van der Waals surface area contributed by atoms with E-state index in [4.69, 9.17) is 0 Å². The number of carbonyl (C=O) groups excluding carboxylic acids is 2. The summed E-state index contributed by atoms with van der Waals surface area (Å²) < 4.78 is 1.98. The summed E-state index contributed by atoms with van der Waals surface area (Å²) in [7, 11) is 0. The summed E-state index contributed by atoms with van der Waals surface area (Å²) in [5, 5.41) is 10.2. The van der Waals surface area contributed by atoms with Crippen LogP contribution in [0.15, 0.2) is 12.3 Å². The van der Waals surface area contributed by atoms with Crippen molar-refractivity contribution in [2.75, 3.05) is 5.32 Å². The lowest BCUT2D eigenvalue weighted by molar-refractivity contribution is -0.124. The van der Waals surface area contributed by atoms with Crippen LogP contribution in [0.4, 0.5) is 5.82 Å². The predicted molar refractivity (Wildman–Crippen MR) is 83.4 cm³/mol. The lowest BCUT2D eigenvalue weighted by Gasteiger charge is -2.22. The van der Waals surface area contributed by atoms with Crippen molar-refractivity contribution in [3.63, 3.8) is 0 Å². The molecule has 2 heterocycles. The standard InChI is InChI=1S/C16H24N4O2/c21-15-8-4-5-12(17-15)11-16(22)18-14-9-10-20(19-14)13-6-2-1-3-7-13/h9-10,12-13H,1-8,11H2,(H,17,21)(H,18,19,22). The van der Waals surface area contributed by atoms with Gasteiger partial charge in [-0.05, 0) is 25.7 Å². The molecule has 1 saturated heterocycles. The summed E-state index contributed by atoms with van der Waals surface area (Å²) in [5.41, 5.74) is 0. The fraction of sp³-hybridized carbons (Fsp3) is 0.688. The second-order valence-electron chi connectivity index (χ2n) is 6.38. The number of hydrogen-bond donors (Lipinski definition) is 2. The monoisotopic (exact) mass is 304 g/mol. The number of amides is 2. The molecular weight excluding hydrogens is 280 g/mol. The molecule has 6 nitrogen and oxygen atoms in total. The molecule has 1 aliphatic heterocycles. The first-order chi connectivity index (χ1) is 10.7. The van der Waals surface area contributed by atoms with E-state index in [1.807, 2.05) is 16.9 Å². The highest BCUT2D eigenvalue weighted by molar-refractivity contribution is 5.90. The third-order valence-corrected chi connectivity index (χ3v) is 4.58. The second kappa shape index (κ2) is 6.94. The average Bonchev–Trinajstić information content (AvgIpc) is 2.96. The molecule has 1 saturated carbocycles. The van der Waals surface area contributed by atoms with Gasteiger partial charge in [0.05, 0.1) is 6.04 Å². The van der Waals surface area contributed by atoms with E-state index in [1.165, 1.54) is 32.1 Å². The van der Waals surface area contributed by atoms with E-state index in [0.717, 1.165) is 12.8 Å². The lowest BCUT2D eigenvalue weighted by Crippen LogP contribution is -2.40. The van der Waals surface area contributed by atoms with Crippen molar-refractivity contribution in [1.82, 2.24) is 15.1 Å². The summed E-state index contributed by atoms with van der Waals surface area (Å²) in [6.07, 6.45) is 10.7. The Kier molecular flexibility index (Phi) is 4.75. The first-order valence-electron chi connectivity index (χ1n) is 8.35. The number of nitrogens with zero attached hydrogens (tertiary/aromatic N) is 2. The Labute approximate surface area is 130 Å². The normalized spacial score (nSPS) is 23.1. The van der Waals surface area contributed by atoms with Gasteiger partial charge in [-0.1, -0.05) is 19.3 Å². The summed E-state index contributed by atoms with van der Waals surface area (Å²) in [5.74, 6) is 0.574. The first-order valence-corrected chi connectivity index (χ1v) is 8.35. The zero-order chi connectivity index (χ0) is 15.4. The molecule has 2 fully saturated rings. The van der Waals surface area contributed by atoms with Gasteiger partial charge in [0.25, 0.3) is 0 Å². The highest BCUT2D eigenvalue weighted by atomic mass is 16.2. The quantitative estimate of drug-likeness (QED) is 0.896. The SMILES string of the molecule is O=C(CC1CCCC(=O)N1)Nc1ccn(C2CCCCC2)n1. The molecule has 0 spiro atoms. The molecule has 2 aliphatic rings. The third kappa shape index (κ3) is 3.87. The molecule has 120 valence electrons. The molecule has 0 radical (unpaired) electrons. The number of nitrogens with one attached hydrogen (secondary N) is 2. The lowest BCUT2D eigenvalue weighted by atomic mass is 9.96. The van der Waals surface area contributed by atoms with Crippen LogP contribution in [-0.4, -0.2) is 27.6 Å². The van der Waals surface area contributed by atoms with Gasteiger partial charge >= 0.3 is 0 Å². The van der Waals surface area contributed by atoms with E-state index in [2.05, 4.69) is 15.7 Å². The largest absolute Gasteiger partial charge is 0.353 e. The zero-order valence-electron chi connectivity index (χ0n) is 12.9. The number of aromatic nitrogens is 2. The van der Waals surface area contributed by atoms with Gasteiger partial charge in [-0.3, -0.25) is 14.3 Å². The van der Waals surface area contributed by atoms with E-state index >= 15 is 0 Å². The summed E-state index contributed by atoms with van der Waals surface area (Å²) >= 11 is 0. The molecule has 22 heavy (non-hydrogen) atoms. The van der Waals surface area contributed by atoms with Crippen molar-refractivity contribution in [2.45, 2.75) is 69.9 Å². The Morgan fingerprint density at radius 1 is 1.27 bits per heavy atom. The maximum atomic E-state index is 12.1. The van der Waals surface area contributed by atoms with Crippen molar-refractivity contribution < 1.29 is 9.59 Å². The van der Waals surface area contributed by atoms with Crippen LogP contribution in [0.25, 0.3) is 0 Å². The highest BCUT2D eigenvalue weighted by Crippen LogP contribution is 2.27. The molecule has 0 aromatic carbocycles. The molecule has 1 atom stereocenters. The third-order valence-electron chi connectivity index (χ3n) is 4.58.